The van der Waals surface area contributed by atoms with Crippen molar-refractivity contribution in [3.05, 3.63) is 96.1 Å². The molecule has 2 amide bonds. The van der Waals surface area contributed by atoms with Gasteiger partial charge in [0.05, 0.1) is 6.04 Å². The van der Waals surface area contributed by atoms with Crippen LogP contribution in [0.4, 0.5) is 0 Å². The zero-order chi connectivity index (χ0) is 26.3. The summed E-state index contributed by atoms with van der Waals surface area (Å²) in [5.74, 6) is 0.0272. The van der Waals surface area contributed by atoms with Gasteiger partial charge in [0.2, 0.25) is 5.91 Å². The van der Waals surface area contributed by atoms with E-state index in [1.54, 1.807) is 0 Å². The lowest BCUT2D eigenvalue weighted by atomic mass is 10.1. The standard InChI is InChI=1S/C32H36N4O2/c33-17-6-5-11-30-32(38)36(22-23-12-13-24-7-1-3-9-26(24)19-23)18-16-29(35-30)21-34-31(37)28-15-14-25-8-2-4-10-27(25)20-28/h1-4,7-10,12-15,19-20,29-30,35H,5-6,11,16-18,21-22,33H2,(H,34,37)/t29-,30-/m1/s1. The van der Waals surface area contributed by atoms with Crippen LogP contribution in [0.15, 0.2) is 84.9 Å². The monoisotopic (exact) mass is 508 g/mol. The van der Waals surface area contributed by atoms with Gasteiger partial charge in [-0.3, -0.25) is 9.59 Å². The minimum Gasteiger partial charge on any atom is -0.350 e. The van der Waals surface area contributed by atoms with Crippen LogP contribution in [0.3, 0.4) is 0 Å². The fraction of sp³-hybridized carbons (Fsp3) is 0.312. The number of nitrogens with one attached hydrogen (secondary N) is 2. The van der Waals surface area contributed by atoms with Crippen LogP contribution in [0.5, 0.6) is 0 Å². The Morgan fingerprint density at radius 1 is 0.895 bits per heavy atom. The Balaban J connectivity index is 1.26. The van der Waals surface area contributed by atoms with Crippen LogP contribution in [0.1, 0.15) is 41.6 Å². The molecule has 0 aromatic heterocycles. The second kappa shape index (κ2) is 12.2. The van der Waals surface area contributed by atoms with Gasteiger partial charge < -0.3 is 21.3 Å². The van der Waals surface area contributed by atoms with E-state index in [0.717, 1.165) is 42.0 Å². The van der Waals surface area contributed by atoms with E-state index in [9.17, 15) is 9.59 Å². The lowest BCUT2D eigenvalue weighted by Crippen LogP contribution is -2.48. The molecule has 0 radical (unpaired) electrons. The molecule has 2 atom stereocenters. The van der Waals surface area contributed by atoms with Crippen molar-refractivity contribution in [2.24, 2.45) is 5.73 Å². The van der Waals surface area contributed by atoms with Gasteiger partial charge in [0.1, 0.15) is 0 Å². The number of hydrogen-bond acceptors (Lipinski definition) is 4. The number of hydrogen-bond donors (Lipinski definition) is 3. The van der Waals surface area contributed by atoms with E-state index >= 15 is 0 Å². The van der Waals surface area contributed by atoms with E-state index in [1.807, 2.05) is 59.5 Å². The zero-order valence-electron chi connectivity index (χ0n) is 21.7. The lowest BCUT2D eigenvalue weighted by Gasteiger charge is -2.25. The van der Waals surface area contributed by atoms with Gasteiger partial charge in [-0.05, 0) is 71.1 Å². The maximum Gasteiger partial charge on any atom is 0.251 e. The van der Waals surface area contributed by atoms with Gasteiger partial charge in [0.15, 0.2) is 0 Å². The number of carbonyl (C=O) groups is 2. The Labute approximate surface area is 224 Å². The van der Waals surface area contributed by atoms with Crippen molar-refractivity contribution < 1.29 is 9.59 Å². The summed E-state index contributed by atoms with van der Waals surface area (Å²) in [6, 6.07) is 28.2. The molecule has 196 valence electrons. The molecule has 0 bridgehead atoms. The van der Waals surface area contributed by atoms with E-state index in [0.29, 0.717) is 31.7 Å². The molecular formula is C32H36N4O2. The van der Waals surface area contributed by atoms with Crippen molar-refractivity contribution in [3.8, 4) is 0 Å². The van der Waals surface area contributed by atoms with E-state index < -0.39 is 0 Å². The number of amides is 2. The summed E-state index contributed by atoms with van der Waals surface area (Å²) < 4.78 is 0. The molecule has 5 rings (SSSR count). The summed E-state index contributed by atoms with van der Waals surface area (Å²) in [7, 11) is 0. The van der Waals surface area contributed by atoms with Crippen LogP contribution in [0, 0.1) is 0 Å². The van der Waals surface area contributed by atoms with Crippen LogP contribution in [0.2, 0.25) is 0 Å². The fourth-order valence-corrected chi connectivity index (χ4v) is 5.31. The first kappa shape index (κ1) is 25.9. The third kappa shape index (κ3) is 6.21. The Kier molecular flexibility index (Phi) is 8.31. The molecule has 4 aromatic carbocycles. The number of carbonyl (C=O) groups excluding carboxylic acids is 2. The first-order valence-electron chi connectivity index (χ1n) is 13.6. The first-order valence-corrected chi connectivity index (χ1v) is 13.6. The van der Waals surface area contributed by atoms with Gasteiger partial charge in [-0.15, -0.1) is 0 Å². The third-order valence-electron chi connectivity index (χ3n) is 7.45. The topological polar surface area (TPSA) is 87.5 Å². The number of fused-ring (bicyclic) bond motifs is 2. The van der Waals surface area contributed by atoms with Crippen molar-refractivity contribution in [1.29, 1.82) is 0 Å². The molecular weight excluding hydrogens is 472 g/mol. The predicted octanol–water partition coefficient (Wildman–Crippen LogP) is 4.61. The van der Waals surface area contributed by atoms with Crippen molar-refractivity contribution >= 4 is 33.4 Å². The normalized spacial score (nSPS) is 18.0. The summed E-state index contributed by atoms with van der Waals surface area (Å²) in [6.07, 6.45) is 3.28. The van der Waals surface area contributed by atoms with Gasteiger partial charge in [-0.25, -0.2) is 0 Å². The molecule has 1 fully saturated rings. The average molecular weight is 509 g/mol. The summed E-state index contributed by atoms with van der Waals surface area (Å²) in [5.41, 5.74) is 7.49. The average Bonchev–Trinajstić information content (AvgIpc) is 3.10. The van der Waals surface area contributed by atoms with Crippen molar-refractivity contribution in [3.63, 3.8) is 0 Å². The number of nitrogens with two attached hydrogens (primary N) is 1. The molecule has 1 heterocycles. The van der Waals surface area contributed by atoms with Gasteiger partial charge in [-0.1, -0.05) is 73.2 Å². The number of nitrogens with zero attached hydrogens (tertiary/aromatic N) is 1. The maximum atomic E-state index is 13.6. The highest BCUT2D eigenvalue weighted by molar-refractivity contribution is 5.98. The van der Waals surface area contributed by atoms with Crippen LogP contribution in [0.25, 0.3) is 21.5 Å². The molecule has 1 aliphatic rings. The molecule has 1 saturated heterocycles. The molecule has 6 heteroatoms. The van der Waals surface area contributed by atoms with Crippen LogP contribution < -0.4 is 16.4 Å². The van der Waals surface area contributed by atoms with E-state index in [1.165, 1.54) is 10.8 Å². The largest absolute Gasteiger partial charge is 0.350 e. The summed E-state index contributed by atoms with van der Waals surface area (Å²) >= 11 is 0. The van der Waals surface area contributed by atoms with Gasteiger partial charge in [0, 0.05) is 31.2 Å². The van der Waals surface area contributed by atoms with Gasteiger partial charge >= 0.3 is 0 Å². The second-order valence-electron chi connectivity index (χ2n) is 10.2. The second-order valence-corrected chi connectivity index (χ2v) is 10.2. The molecule has 38 heavy (non-hydrogen) atoms. The summed E-state index contributed by atoms with van der Waals surface area (Å²) in [4.78, 5) is 28.5. The van der Waals surface area contributed by atoms with Crippen molar-refractivity contribution in [2.45, 2.75) is 44.3 Å². The molecule has 1 aliphatic heterocycles. The molecule has 4 N–H and O–H groups in total. The third-order valence-corrected chi connectivity index (χ3v) is 7.45. The Hall–Kier alpha value is -3.74. The van der Waals surface area contributed by atoms with E-state index in [2.05, 4.69) is 41.0 Å². The van der Waals surface area contributed by atoms with Crippen molar-refractivity contribution in [2.75, 3.05) is 19.6 Å². The number of rotatable bonds is 9. The highest BCUT2D eigenvalue weighted by atomic mass is 16.2. The minimum atomic E-state index is -0.285. The molecule has 6 nitrogen and oxygen atoms in total. The van der Waals surface area contributed by atoms with Crippen LogP contribution in [-0.2, 0) is 11.3 Å². The Morgan fingerprint density at radius 3 is 2.32 bits per heavy atom. The van der Waals surface area contributed by atoms with Crippen LogP contribution in [-0.4, -0.2) is 48.4 Å². The zero-order valence-corrected chi connectivity index (χ0v) is 21.7. The highest BCUT2D eigenvalue weighted by Gasteiger charge is 2.30. The molecule has 4 aromatic rings. The van der Waals surface area contributed by atoms with Gasteiger partial charge in [-0.2, -0.15) is 0 Å². The van der Waals surface area contributed by atoms with E-state index in [4.69, 9.17) is 5.73 Å². The molecule has 0 aliphatic carbocycles. The Morgan fingerprint density at radius 2 is 1.58 bits per heavy atom. The molecule has 0 unspecified atom stereocenters. The summed E-state index contributed by atoms with van der Waals surface area (Å²) in [5, 5.41) is 11.2. The highest BCUT2D eigenvalue weighted by Crippen LogP contribution is 2.20. The number of unbranched alkanes of at least 4 members (excludes halogenated alkanes) is 1. The number of benzene rings is 4. The first-order chi connectivity index (χ1) is 18.6. The quantitative estimate of drug-likeness (QED) is 0.288. The summed E-state index contributed by atoms with van der Waals surface area (Å²) in [6.45, 7) is 2.31. The van der Waals surface area contributed by atoms with E-state index in [-0.39, 0.29) is 23.9 Å². The predicted molar refractivity (Wildman–Crippen MR) is 154 cm³/mol. The van der Waals surface area contributed by atoms with Crippen molar-refractivity contribution in [1.82, 2.24) is 15.5 Å². The smallest absolute Gasteiger partial charge is 0.251 e. The van der Waals surface area contributed by atoms with Crippen LogP contribution >= 0.6 is 0 Å². The lowest BCUT2D eigenvalue weighted by molar-refractivity contribution is -0.133. The maximum absolute atomic E-state index is 13.6. The fourth-order valence-electron chi connectivity index (χ4n) is 5.31. The minimum absolute atomic E-state index is 0.00726. The molecule has 0 saturated carbocycles. The Bertz CT molecular complexity index is 1420. The molecule has 0 spiro atoms. The van der Waals surface area contributed by atoms with Gasteiger partial charge in [0.25, 0.3) is 5.91 Å². The SMILES string of the molecule is NCCCC[C@H]1N[C@@H](CNC(=O)c2ccc3ccccc3c2)CCN(Cc2ccc3ccccc3c2)C1=O.